The molecule has 1 N–H and O–H groups in total. The second-order valence-corrected chi connectivity index (χ2v) is 5.05. The predicted molar refractivity (Wildman–Crippen MR) is 63.8 cm³/mol. The fraction of sp³-hybridized carbons (Fsp3) is 0.417. The van der Waals surface area contributed by atoms with Crippen LogP contribution >= 0.6 is 15.9 Å². The number of halogens is 2. The van der Waals surface area contributed by atoms with Crippen LogP contribution in [0.3, 0.4) is 0 Å². The van der Waals surface area contributed by atoms with Crippen molar-refractivity contribution in [3.63, 3.8) is 0 Å². The first-order valence-corrected chi connectivity index (χ1v) is 6.19. The third-order valence-electron chi connectivity index (χ3n) is 2.95. The molecular formula is C12H13BrFNO. The lowest BCUT2D eigenvalue weighted by atomic mass is 9.85. The maximum Gasteiger partial charge on any atom is 0.254 e. The molecule has 0 radical (unpaired) electrons. The van der Waals surface area contributed by atoms with Gasteiger partial charge in [0.25, 0.3) is 5.91 Å². The van der Waals surface area contributed by atoms with Crippen LogP contribution in [0.25, 0.3) is 0 Å². The SMILES string of the molecule is O=C(NCC1CCC1)c1ccc(Br)cc1F. The maximum absolute atomic E-state index is 13.4. The van der Waals surface area contributed by atoms with Crippen LogP contribution in [-0.2, 0) is 0 Å². The Labute approximate surface area is 102 Å². The molecule has 0 bridgehead atoms. The van der Waals surface area contributed by atoms with Crippen LogP contribution in [0, 0.1) is 11.7 Å². The van der Waals surface area contributed by atoms with E-state index in [-0.39, 0.29) is 11.5 Å². The number of hydrogen-bond donors (Lipinski definition) is 1. The van der Waals surface area contributed by atoms with Gasteiger partial charge in [0.2, 0.25) is 0 Å². The third-order valence-corrected chi connectivity index (χ3v) is 3.45. The fourth-order valence-electron chi connectivity index (χ4n) is 1.70. The highest BCUT2D eigenvalue weighted by molar-refractivity contribution is 9.10. The van der Waals surface area contributed by atoms with Crippen LogP contribution in [0.2, 0.25) is 0 Å². The van der Waals surface area contributed by atoms with Gasteiger partial charge in [0.05, 0.1) is 5.56 Å². The molecule has 2 rings (SSSR count). The molecule has 0 saturated heterocycles. The van der Waals surface area contributed by atoms with Gasteiger partial charge in [-0.3, -0.25) is 4.79 Å². The molecule has 0 heterocycles. The molecule has 1 aliphatic carbocycles. The van der Waals surface area contributed by atoms with E-state index >= 15 is 0 Å². The third kappa shape index (κ3) is 2.61. The van der Waals surface area contributed by atoms with Crippen LogP contribution in [0.4, 0.5) is 4.39 Å². The predicted octanol–water partition coefficient (Wildman–Crippen LogP) is 3.12. The van der Waals surface area contributed by atoms with Crippen LogP contribution in [0.1, 0.15) is 29.6 Å². The zero-order chi connectivity index (χ0) is 11.5. The van der Waals surface area contributed by atoms with E-state index in [1.165, 1.54) is 31.4 Å². The highest BCUT2D eigenvalue weighted by atomic mass is 79.9. The summed E-state index contributed by atoms with van der Waals surface area (Å²) in [4.78, 5) is 11.7. The molecule has 1 aliphatic rings. The summed E-state index contributed by atoms with van der Waals surface area (Å²) < 4.78 is 14.1. The molecule has 0 spiro atoms. The van der Waals surface area contributed by atoms with Crippen molar-refractivity contribution in [2.45, 2.75) is 19.3 Å². The number of rotatable bonds is 3. The van der Waals surface area contributed by atoms with Gasteiger partial charge in [0.1, 0.15) is 5.82 Å². The van der Waals surface area contributed by atoms with Crippen molar-refractivity contribution in [2.75, 3.05) is 6.54 Å². The number of hydrogen-bond acceptors (Lipinski definition) is 1. The second kappa shape index (κ2) is 4.95. The van der Waals surface area contributed by atoms with Gasteiger partial charge in [-0.15, -0.1) is 0 Å². The van der Waals surface area contributed by atoms with E-state index in [0.717, 1.165) is 0 Å². The molecule has 86 valence electrons. The molecule has 16 heavy (non-hydrogen) atoms. The molecule has 1 fully saturated rings. The first-order chi connectivity index (χ1) is 7.66. The van der Waals surface area contributed by atoms with Gasteiger partial charge in [-0.05, 0) is 37.0 Å². The lowest BCUT2D eigenvalue weighted by molar-refractivity contribution is 0.0935. The monoisotopic (exact) mass is 285 g/mol. The zero-order valence-corrected chi connectivity index (χ0v) is 10.4. The van der Waals surface area contributed by atoms with E-state index in [9.17, 15) is 9.18 Å². The molecule has 0 aliphatic heterocycles. The van der Waals surface area contributed by atoms with Crippen molar-refractivity contribution in [3.8, 4) is 0 Å². The van der Waals surface area contributed by atoms with Crippen molar-refractivity contribution in [3.05, 3.63) is 34.1 Å². The van der Waals surface area contributed by atoms with Gasteiger partial charge in [-0.1, -0.05) is 22.4 Å². The van der Waals surface area contributed by atoms with Gasteiger partial charge in [-0.2, -0.15) is 0 Å². The van der Waals surface area contributed by atoms with E-state index in [0.29, 0.717) is 16.9 Å². The van der Waals surface area contributed by atoms with Crippen molar-refractivity contribution in [1.82, 2.24) is 5.32 Å². The standard InChI is InChI=1S/C12H13BrFNO/c13-9-4-5-10(11(14)6-9)12(16)15-7-8-2-1-3-8/h4-6,8H,1-3,7H2,(H,15,16). The Morgan fingerprint density at radius 3 is 2.81 bits per heavy atom. The van der Waals surface area contributed by atoms with Gasteiger partial charge < -0.3 is 5.32 Å². The minimum Gasteiger partial charge on any atom is -0.352 e. The summed E-state index contributed by atoms with van der Waals surface area (Å²) in [6.45, 7) is 0.661. The number of benzene rings is 1. The highest BCUT2D eigenvalue weighted by Crippen LogP contribution is 2.25. The number of amides is 1. The quantitative estimate of drug-likeness (QED) is 0.908. The van der Waals surface area contributed by atoms with E-state index in [1.807, 2.05) is 0 Å². The van der Waals surface area contributed by atoms with Gasteiger partial charge in [-0.25, -0.2) is 4.39 Å². The van der Waals surface area contributed by atoms with E-state index in [1.54, 1.807) is 6.07 Å². The van der Waals surface area contributed by atoms with E-state index in [2.05, 4.69) is 21.2 Å². The van der Waals surface area contributed by atoms with Crippen molar-refractivity contribution in [2.24, 2.45) is 5.92 Å². The Morgan fingerprint density at radius 1 is 1.50 bits per heavy atom. The summed E-state index contributed by atoms with van der Waals surface area (Å²) in [5.41, 5.74) is 0.113. The first kappa shape index (κ1) is 11.6. The van der Waals surface area contributed by atoms with E-state index in [4.69, 9.17) is 0 Å². The number of carbonyl (C=O) groups excluding carboxylic acids is 1. The minimum atomic E-state index is -0.486. The summed E-state index contributed by atoms with van der Waals surface area (Å²) >= 11 is 3.16. The largest absolute Gasteiger partial charge is 0.352 e. The summed E-state index contributed by atoms with van der Waals surface area (Å²) in [7, 11) is 0. The molecule has 0 unspecified atom stereocenters. The Hall–Kier alpha value is -0.900. The molecule has 0 aromatic heterocycles. The van der Waals surface area contributed by atoms with Gasteiger partial charge in [0.15, 0.2) is 0 Å². The summed E-state index contributed by atoms with van der Waals surface area (Å²) in [6.07, 6.45) is 3.58. The molecule has 4 heteroatoms. The molecule has 1 amide bonds. The van der Waals surface area contributed by atoms with E-state index < -0.39 is 5.82 Å². The average molecular weight is 286 g/mol. The highest BCUT2D eigenvalue weighted by Gasteiger charge is 2.19. The smallest absolute Gasteiger partial charge is 0.254 e. The van der Waals surface area contributed by atoms with Crippen molar-refractivity contribution >= 4 is 21.8 Å². The topological polar surface area (TPSA) is 29.1 Å². The molecular weight excluding hydrogens is 273 g/mol. The Kier molecular flexibility index (Phi) is 3.59. The molecule has 1 aromatic carbocycles. The van der Waals surface area contributed by atoms with Crippen LogP contribution in [0.15, 0.2) is 22.7 Å². The maximum atomic E-state index is 13.4. The van der Waals surface area contributed by atoms with Crippen molar-refractivity contribution in [1.29, 1.82) is 0 Å². The molecule has 2 nitrogen and oxygen atoms in total. The minimum absolute atomic E-state index is 0.113. The average Bonchev–Trinajstić information content (AvgIpc) is 2.14. The zero-order valence-electron chi connectivity index (χ0n) is 8.80. The number of nitrogens with one attached hydrogen (secondary N) is 1. The van der Waals surface area contributed by atoms with Gasteiger partial charge >= 0.3 is 0 Å². The lowest BCUT2D eigenvalue weighted by Crippen LogP contribution is -2.32. The fourth-order valence-corrected chi connectivity index (χ4v) is 2.04. The molecule has 1 saturated carbocycles. The second-order valence-electron chi connectivity index (χ2n) is 4.13. The van der Waals surface area contributed by atoms with Crippen LogP contribution in [0.5, 0.6) is 0 Å². The summed E-state index contributed by atoms with van der Waals surface area (Å²) in [6, 6.07) is 4.47. The normalized spacial score (nSPS) is 15.6. The summed E-state index contributed by atoms with van der Waals surface area (Å²) in [5, 5.41) is 2.77. The van der Waals surface area contributed by atoms with Crippen LogP contribution < -0.4 is 5.32 Å². The lowest BCUT2D eigenvalue weighted by Gasteiger charge is -2.25. The Morgan fingerprint density at radius 2 is 2.25 bits per heavy atom. The Bertz CT molecular complexity index is 404. The molecule has 1 aromatic rings. The summed E-state index contributed by atoms with van der Waals surface area (Å²) in [5.74, 6) is -0.222. The van der Waals surface area contributed by atoms with Crippen LogP contribution in [-0.4, -0.2) is 12.5 Å². The number of carbonyl (C=O) groups is 1. The Balaban J connectivity index is 1.96. The van der Waals surface area contributed by atoms with Gasteiger partial charge in [0, 0.05) is 11.0 Å². The molecule has 0 atom stereocenters. The van der Waals surface area contributed by atoms with Crippen molar-refractivity contribution < 1.29 is 9.18 Å². The first-order valence-electron chi connectivity index (χ1n) is 5.40.